The Balaban J connectivity index is 1.08. The van der Waals surface area contributed by atoms with E-state index >= 15 is 0 Å². The third-order valence-electron chi connectivity index (χ3n) is 7.47. The Hall–Kier alpha value is -4.80. The van der Waals surface area contributed by atoms with Gasteiger partial charge in [0.25, 0.3) is 0 Å². The number of nitrogens with one attached hydrogen (secondary N) is 2. The number of nitrogens with zero attached hydrogens (tertiary/aromatic N) is 6. The van der Waals surface area contributed by atoms with Crippen LogP contribution in [0.1, 0.15) is 36.1 Å². The molecule has 2 aromatic heterocycles. The molecule has 0 aliphatic rings. The third kappa shape index (κ3) is 6.06. The van der Waals surface area contributed by atoms with Crippen molar-refractivity contribution >= 4 is 22.1 Å². The van der Waals surface area contributed by atoms with E-state index in [1.165, 1.54) is 9.59 Å². The van der Waals surface area contributed by atoms with Gasteiger partial charge in [0.1, 0.15) is 44.9 Å². The minimum atomic E-state index is -0.104. The Morgan fingerprint density at radius 3 is 1.30 bits per heavy atom. The molecule has 0 saturated carbocycles. The lowest BCUT2D eigenvalue weighted by molar-refractivity contribution is 0.317. The molecular weight excluding hydrogens is 540 g/mol. The summed E-state index contributed by atoms with van der Waals surface area (Å²) in [5.74, 6) is 0.333. The summed E-state index contributed by atoms with van der Waals surface area (Å²) in [6.45, 7) is 10.8. The quantitative estimate of drug-likeness (QED) is 0.178. The molecular formula is C33H36N8O2. The van der Waals surface area contributed by atoms with Crippen molar-refractivity contribution in [2.24, 2.45) is 5.41 Å². The molecule has 0 amide bonds. The van der Waals surface area contributed by atoms with Gasteiger partial charge in [-0.3, -0.25) is 0 Å². The van der Waals surface area contributed by atoms with Crippen LogP contribution in [0.3, 0.4) is 0 Å². The molecule has 4 N–H and O–H groups in total. The first-order valence-corrected chi connectivity index (χ1v) is 14.4. The van der Waals surface area contributed by atoms with E-state index in [2.05, 4.69) is 44.9 Å². The number of aromatic hydroxyl groups is 2. The summed E-state index contributed by atoms with van der Waals surface area (Å²) in [5, 5.41) is 47.4. The highest BCUT2D eigenvalue weighted by Crippen LogP contribution is 2.30. The minimum absolute atomic E-state index is 0.104. The molecule has 220 valence electrons. The Bertz CT molecular complexity index is 1720. The maximum absolute atomic E-state index is 11.1. The summed E-state index contributed by atoms with van der Waals surface area (Å²) in [5.41, 5.74) is 7.73. The van der Waals surface area contributed by atoms with Crippen molar-refractivity contribution in [1.82, 2.24) is 40.6 Å². The number of aromatic nitrogens is 6. The smallest absolute Gasteiger partial charge is 0.147 e. The number of hydrogen-bond acceptors (Lipinski definition) is 8. The monoisotopic (exact) mass is 576 g/mol. The summed E-state index contributed by atoms with van der Waals surface area (Å²) in [6, 6.07) is 23.0. The molecule has 0 spiro atoms. The molecule has 0 saturated heterocycles. The fourth-order valence-electron chi connectivity index (χ4n) is 5.31. The van der Waals surface area contributed by atoms with Gasteiger partial charge in [0.2, 0.25) is 0 Å². The van der Waals surface area contributed by atoms with Crippen LogP contribution in [0.15, 0.2) is 72.8 Å². The lowest BCUT2D eigenvalue weighted by Crippen LogP contribution is -2.37. The van der Waals surface area contributed by atoms with Crippen molar-refractivity contribution in [2.45, 2.75) is 40.8 Å². The van der Waals surface area contributed by atoms with Crippen LogP contribution in [-0.4, -0.2) is 53.3 Å². The minimum Gasteiger partial charge on any atom is -0.505 e. The van der Waals surface area contributed by atoms with Crippen LogP contribution in [-0.2, 0) is 13.1 Å². The van der Waals surface area contributed by atoms with Crippen LogP contribution in [0.4, 0.5) is 0 Å². The van der Waals surface area contributed by atoms with E-state index in [-0.39, 0.29) is 16.9 Å². The lowest BCUT2D eigenvalue weighted by Gasteiger charge is -2.26. The lowest BCUT2D eigenvalue weighted by atomic mass is 9.93. The largest absolute Gasteiger partial charge is 0.505 e. The van der Waals surface area contributed by atoms with Crippen LogP contribution >= 0.6 is 0 Å². The van der Waals surface area contributed by atoms with Gasteiger partial charge < -0.3 is 20.8 Å². The Morgan fingerprint density at radius 1 is 0.605 bits per heavy atom. The van der Waals surface area contributed by atoms with E-state index in [0.29, 0.717) is 37.6 Å². The van der Waals surface area contributed by atoms with Crippen molar-refractivity contribution in [3.8, 4) is 22.9 Å². The maximum atomic E-state index is 11.1. The van der Waals surface area contributed by atoms with Gasteiger partial charge in [0.05, 0.1) is 0 Å². The van der Waals surface area contributed by atoms with Crippen molar-refractivity contribution < 1.29 is 10.2 Å². The van der Waals surface area contributed by atoms with Gasteiger partial charge in [-0.15, -0.1) is 30.0 Å². The van der Waals surface area contributed by atoms with Crippen molar-refractivity contribution in [3.05, 3.63) is 95.1 Å². The molecule has 0 atom stereocenters. The Kier molecular flexibility index (Phi) is 7.55. The van der Waals surface area contributed by atoms with Crippen molar-refractivity contribution in [2.75, 3.05) is 13.1 Å². The van der Waals surface area contributed by atoms with Crippen molar-refractivity contribution in [1.29, 1.82) is 0 Å². The zero-order valence-corrected chi connectivity index (χ0v) is 24.8. The first kappa shape index (κ1) is 28.3. The summed E-state index contributed by atoms with van der Waals surface area (Å²) in [6.07, 6.45) is 0. The summed E-state index contributed by atoms with van der Waals surface area (Å²) < 4.78 is 0. The highest BCUT2D eigenvalue weighted by molar-refractivity contribution is 5.74. The molecule has 6 aromatic rings. The SMILES string of the molecule is Cc1cc(CNCC(C)(C)CNCc2cc(C)cc(-n3nc4ccccc4n3)c2O)c(O)c(-n2nc3ccccc3n2)c1. The average molecular weight is 577 g/mol. The van der Waals surface area contributed by atoms with E-state index in [4.69, 9.17) is 0 Å². The fraction of sp³-hybridized carbons (Fsp3) is 0.273. The molecule has 0 unspecified atom stereocenters. The highest BCUT2D eigenvalue weighted by atomic mass is 16.3. The van der Waals surface area contributed by atoms with Crippen LogP contribution in [0.5, 0.6) is 11.5 Å². The van der Waals surface area contributed by atoms with Gasteiger partial charge in [0.15, 0.2) is 0 Å². The Labute approximate surface area is 250 Å². The van der Waals surface area contributed by atoms with Crippen LogP contribution in [0, 0.1) is 19.3 Å². The number of phenols is 2. The summed E-state index contributed by atoms with van der Waals surface area (Å²) >= 11 is 0. The second-order valence-electron chi connectivity index (χ2n) is 11.9. The second kappa shape index (κ2) is 11.5. The molecule has 10 nitrogen and oxygen atoms in total. The first-order chi connectivity index (χ1) is 20.7. The van der Waals surface area contributed by atoms with Gasteiger partial charge in [0, 0.05) is 37.3 Å². The number of phenolic OH excluding ortho intramolecular Hbond substituents is 2. The van der Waals surface area contributed by atoms with E-state index in [1.807, 2.05) is 86.6 Å². The summed E-state index contributed by atoms with van der Waals surface area (Å²) in [4.78, 5) is 3.00. The normalized spacial score (nSPS) is 12.0. The zero-order valence-electron chi connectivity index (χ0n) is 24.8. The zero-order chi connectivity index (χ0) is 30.1. The first-order valence-electron chi connectivity index (χ1n) is 14.4. The van der Waals surface area contributed by atoms with Gasteiger partial charge in [-0.05, 0) is 66.8 Å². The Morgan fingerprint density at radius 2 is 0.953 bits per heavy atom. The number of rotatable bonds is 10. The van der Waals surface area contributed by atoms with Gasteiger partial charge in [-0.2, -0.15) is 0 Å². The standard InChI is InChI=1S/C33H36N8O2/c1-21-13-23(31(42)29(15-21)40-36-25-9-5-6-10-26(25)37-40)17-34-19-33(3,4)20-35-18-24-14-22(2)16-30(32(24)43)41-38-27-11-7-8-12-28(27)39-41/h5-16,34-35,42-43H,17-20H2,1-4H3. The molecule has 2 heterocycles. The molecule has 10 heteroatoms. The molecule has 4 aromatic carbocycles. The molecule has 0 radical (unpaired) electrons. The average Bonchev–Trinajstić information content (AvgIpc) is 3.60. The van der Waals surface area contributed by atoms with E-state index < -0.39 is 0 Å². The number of fused-ring (bicyclic) bond motifs is 2. The highest BCUT2D eigenvalue weighted by Gasteiger charge is 2.20. The fourth-order valence-corrected chi connectivity index (χ4v) is 5.31. The van der Waals surface area contributed by atoms with Gasteiger partial charge in [-0.1, -0.05) is 50.2 Å². The van der Waals surface area contributed by atoms with Crippen molar-refractivity contribution in [3.63, 3.8) is 0 Å². The number of aryl methyl sites for hydroxylation is 2. The molecule has 0 aliphatic carbocycles. The van der Waals surface area contributed by atoms with E-state index in [1.54, 1.807) is 0 Å². The maximum Gasteiger partial charge on any atom is 0.147 e. The molecule has 0 fully saturated rings. The molecule has 0 aliphatic heterocycles. The summed E-state index contributed by atoms with van der Waals surface area (Å²) in [7, 11) is 0. The third-order valence-corrected chi connectivity index (χ3v) is 7.47. The number of benzene rings is 4. The van der Waals surface area contributed by atoms with Gasteiger partial charge >= 0.3 is 0 Å². The predicted molar refractivity (Wildman–Crippen MR) is 168 cm³/mol. The topological polar surface area (TPSA) is 126 Å². The van der Waals surface area contributed by atoms with Crippen LogP contribution in [0.2, 0.25) is 0 Å². The molecule has 43 heavy (non-hydrogen) atoms. The van der Waals surface area contributed by atoms with Crippen LogP contribution < -0.4 is 10.6 Å². The van der Waals surface area contributed by atoms with Crippen LogP contribution in [0.25, 0.3) is 33.4 Å². The predicted octanol–water partition coefficient (Wildman–Crippen LogP) is 5.09. The number of hydrogen-bond donors (Lipinski definition) is 4. The van der Waals surface area contributed by atoms with Gasteiger partial charge in [-0.25, -0.2) is 0 Å². The second-order valence-corrected chi connectivity index (χ2v) is 11.9. The van der Waals surface area contributed by atoms with E-state index in [9.17, 15) is 10.2 Å². The molecule has 6 rings (SSSR count). The molecule has 0 bridgehead atoms. The van der Waals surface area contributed by atoms with E-state index in [0.717, 1.165) is 44.3 Å².